The molecule has 0 saturated heterocycles. The largest absolute Gasteiger partial charge is 0.373 e. The number of anilines is 1. The zero-order valence-corrected chi connectivity index (χ0v) is 12.0. The zero-order chi connectivity index (χ0) is 13.8. The number of nitrogens with one attached hydrogen (secondary N) is 2. The fourth-order valence-corrected chi connectivity index (χ4v) is 2.06. The number of nitrogens with zero attached hydrogens (tertiary/aromatic N) is 2. The third kappa shape index (κ3) is 3.81. The van der Waals surface area contributed by atoms with Crippen LogP contribution in [0.5, 0.6) is 0 Å². The molecular weight excluding hydrogens is 264 g/mol. The number of aromatic nitrogens is 1. The van der Waals surface area contributed by atoms with Gasteiger partial charge in [-0.05, 0) is 32.0 Å². The van der Waals surface area contributed by atoms with Crippen molar-refractivity contribution >= 4 is 23.3 Å². The van der Waals surface area contributed by atoms with Crippen LogP contribution in [-0.4, -0.2) is 49.0 Å². The van der Waals surface area contributed by atoms with E-state index in [0.29, 0.717) is 23.4 Å². The highest BCUT2D eigenvalue weighted by Gasteiger charge is 2.25. The van der Waals surface area contributed by atoms with Crippen LogP contribution in [0.2, 0.25) is 5.02 Å². The first kappa shape index (κ1) is 14.1. The number of rotatable bonds is 6. The van der Waals surface area contributed by atoms with Crippen molar-refractivity contribution in [1.29, 1.82) is 0 Å². The summed E-state index contributed by atoms with van der Waals surface area (Å²) in [6.07, 6.45) is 2.53. The predicted octanol–water partition coefficient (Wildman–Crippen LogP) is 1.60. The van der Waals surface area contributed by atoms with Crippen molar-refractivity contribution in [1.82, 2.24) is 15.2 Å². The summed E-state index contributed by atoms with van der Waals surface area (Å²) in [7, 11) is 3.83. The molecule has 1 saturated carbocycles. The van der Waals surface area contributed by atoms with Gasteiger partial charge in [0.05, 0.1) is 5.02 Å². The summed E-state index contributed by atoms with van der Waals surface area (Å²) in [5.41, 5.74) is 0.266. The molecule has 0 radical (unpaired) electrons. The number of amides is 1. The van der Waals surface area contributed by atoms with E-state index in [0.717, 1.165) is 6.54 Å². The van der Waals surface area contributed by atoms with Gasteiger partial charge in [0.2, 0.25) is 0 Å². The maximum absolute atomic E-state index is 12.0. The molecule has 2 N–H and O–H groups in total. The molecule has 1 aromatic heterocycles. The smallest absolute Gasteiger partial charge is 0.271 e. The van der Waals surface area contributed by atoms with Crippen molar-refractivity contribution in [2.45, 2.75) is 18.9 Å². The third-order valence-electron chi connectivity index (χ3n) is 3.24. The van der Waals surface area contributed by atoms with E-state index in [1.807, 2.05) is 0 Å². The van der Waals surface area contributed by atoms with Crippen molar-refractivity contribution in [3.63, 3.8) is 0 Å². The van der Waals surface area contributed by atoms with Gasteiger partial charge >= 0.3 is 0 Å². The fraction of sp³-hybridized carbons (Fsp3) is 0.538. The van der Waals surface area contributed by atoms with Gasteiger partial charge in [0, 0.05) is 26.2 Å². The minimum atomic E-state index is -0.230. The molecule has 1 aliphatic rings. The Morgan fingerprint density at radius 3 is 2.89 bits per heavy atom. The van der Waals surface area contributed by atoms with Gasteiger partial charge in [0.25, 0.3) is 5.91 Å². The molecule has 1 amide bonds. The van der Waals surface area contributed by atoms with Gasteiger partial charge in [-0.1, -0.05) is 11.6 Å². The Balaban J connectivity index is 1.88. The Bertz CT molecular complexity index is 462. The number of carbonyl (C=O) groups is 1. The van der Waals surface area contributed by atoms with Crippen molar-refractivity contribution in [2.75, 3.05) is 32.5 Å². The van der Waals surface area contributed by atoms with E-state index in [4.69, 9.17) is 11.6 Å². The predicted molar refractivity (Wildman–Crippen MR) is 76.8 cm³/mol. The summed E-state index contributed by atoms with van der Waals surface area (Å²) in [4.78, 5) is 18.4. The van der Waals surface area contributed by atoms with E-state index >= 15 is 0 Å². The summed E-state index contributed by atoms with van der Waals surface area (Å²) >= 11 is 5.99. The van der Waals surface area contributed by atoms with Crippen molar-refractivity contribution in [3.8, 4) is 0 Å². The van der Waals surface area contributed by atoms with Crippen molar-refractivity contribution < 1.29 is 4.79 Å². The molecule has 5 nitrogen and oxygen atoms in total. The first-order valence-electron chi connectivity index (χ1n) is 6.44. The van der Waals surface area contributed by atoms with E-state index < -0.39 is 0 Å². The number of hydrogen-bond acceptors (Lipinski definition) is 4. The molecule has 0 atom stereocenters. The second kappa shape index (κ2) is 6.21. The van der Waals surface area contributed by atoms with E-state index in [-0.39, 0.29) is 11.6 Å². The standard InChI is InChI=1S/C13H19ClN4O/c1-15-11-6-5-10(14)12(17-11)13(19)16-7-8-18(2)9-3-4-9/h5-6,9H,3-4,7-8H2,1-2H3,(H,15,17)(H,16,19). The average molecular weight is 283 g/mol. The molecule has 1 heterocycles. The minimum absolute atomic E-state index is 0.230. The van der Waals surface area contributed by atoms with Gasteiger partial charge < -0.3 is 15.5 Å². The Hall–Kier alpha value is -1.33. The van der Waals surface area contributed by atoms with Gasteiger partial charge in [-0.2, -0.15) is 0 Å². The number of halogens is 1. The normalized spacial score (nSPS) is 14.5. The highest BCUT2D eigenvalue weighted by Crippen LogP contribution is 2.24. The van der Waals surface area contributed by atoms with Crippen molar-refractivity contribution in [3.05, 3.63) is 22.8 Å². The summed E-state index contributed by atoms with van der Waals surface area (Å²) in [6.45, 7) is 1.45. The van der Waals surface area contributed by atoms with Crippen LogP contribution >= 0.6 is 11.6 Å². The fourth-order valence-electron chi connectivity index (χ4n) is 1.87. The highest BCUT2D eigenvalue weighted by atomic mass is 35.5. The molecule has 19 heavy (non-hydrogen) atoms. The summed E-state index contributed by atoms with van der Waals surface area (Å²) in [5, 5.41) is 6.11. The molecule has 0 unspecified atom stereocenters. The number of likely N-dealkylation sites (N-methyl/N-ethyl adjacent to an activating group) is 1. The Morgan fingerprint density at radius 1 is 1.53 bits per heavy atom. The summed E-state index contributed by atoms with van der Waals surface area (Å²) in [5.74, 6) is 0.399. The van der Waals surface area contributed by atoms with Gasteiger partial charge in [0.1, 0.15) is 11.5 Å². The molecule has 104 valence electrons. The van der Waals surface area contributed by atoms with Gasteiger partial charge in [-0.15, -0.1) is 0 Å². The van der Waals surface area contributed by atoms with Crippen LogP contribution in [0.4, 0.5) is 5.82 Å². The molecule has 0 aromatic carbocycles. The number of pyridine rings is 1. The molecule has 1 aliphatic carbocycles. The lowest BCUT2D eigenvalue weighted by atomic mass is 10.3. The second-order valence-corrected chi connectivity index (χ2v) is 5.15. The molecule has 1 fully saturated rings. The van der Waals surface area contributed by atoms with Crippen LogP contribution in [0.25, 0.3) is 0 Å². The Kier molecular flexibility index (Phi) is 4.61. The zero-order valence-electron chi connectivity index (χ0n) is 11.2. The molecule has 0 spiro atoms. The molecule has 0 aliphatic heterocycles. The van der Waals surface area contributed by atoms with Gasteiger partial charge in [-0.25, -0.2) is 4.98 Å². The van der Waals surface area contributed by atoms with Crippen molar-refractivity contribution in [2.24, 2.45) is 0 Å². The van der Waals surface area contributed by atoms with Gasteiger partial charge in [-0.3, -0.25) is 4.79 Å². The molecule has 1 aromatic rings. The van der Waals surface area contributed by atoms with Gasteiger partial charge in [0.15, 0.2) is 0 Å². The molecule has 6 heteroatoms. The highest BCUT2D eigenvalue weighted by molar-refractivity contribution is 6.33. The third-order valence-corrected chi connectivity index (χ3v) is 3.54. The maximum atomic E-state index is 12.0. The number of hydrogen-bond donors (Lipinski definition) is 2. The lowest BCUT2D eigenvalue weighted by Gasteiger charge is -2.15. The van der Waals surface area contributed by atoms with Crippen LogP contribution < -0.4 is 10.6 Å². The lowest BCUT2D eigenvalue weighted by molar-refractivity contribution is 0.0945. The maximum Gasteiger partial charge on any atom is 0.271 e. The summed E-state index contributed by atoms with van der Waals surface area (Å²) < 4.78 is 0. The topological polar surface area (TPSA) is 57.3 Å². The minimum Gasteiger partial charge on any atom is -0.373 e. The first-order chi connectivity index (χ1) is 9.11. The Morgan fingerprint density at radius 2 is 2.26 bits per heavy atom. The van der Waals surface area contributed by atoms with E-state index in [1.54, 1.807) is 19.2 Å². The monoisotopic (exact) mass is 282 g/mol. The quantitative estimate of drug-likeness (QED) is 0.832. The van der Waals surface area contributed by atoms with E-state index in [9.17, 15) is 4.79 Å². The van der Waals surface area contributed by atoms with Crippen LogP contribution in [-0.2, 0) is 0 Å². The number of carbonyl (C=O) groups excluding carboxylic acids is 1. The van der Waals surface area contributed by atoms with Crippen LogP contribution in [0.1, 0.15) is 23.3 Å². The first-order valence-corrected chi connectivity index (χ1v) is 6.82. The van der Waals surface area contributed by atoms with Crippen LogP contribution in [0, 0.1) is 0 Å². The second-order valence-electron chi connectivity index (χ2n) is 4.74. The van der Waals surface area contributed by atoms with E-state index in [1.165, 1.54) is 12.8 Å². The van der Waals surface area contributed by atoms with E-state index in [2.05, 4.69) is 27.6 Å². The van der Waals surface area contributed by atoms with Crippen LogP contribution in [0.15, 0.2) is 12.1 Å². The summed E-state index contributed by atoms with van der Waals surface area (Å²) in [6, 6.07) is 4.11. The Labute approximate surface area is 118 Å². The lowest BCUT2D eigenvalue weighted by Crippen LogP contribution is -2.34. The molecule has 0 bridgehead atoms. The van der Waals surface area contributed by atoms with Crippen LogP contribution in [0.3, 0.4) is 0 Å². The molecular formula is C13H19ClN4O. The SMILES string of the molecule is CNc1ccc(Cl)c(C(=O)NCCN(C)C2CC2)n1. The molecule has 2 rings (SSSR count). The average Bonchev–Trinajstić information content (AvgIpc) is 3.23.